The predicted octanol–water partition coefficient (Wildman–Crippen LogP) is 3.79. The third-order valence-electron chi connectivity index (χ3n) is 3.29. The topological polar surface area (TPSA) is 43.4 Å². The summed E-state index contributed by atoms with van der Waals surface area (Å²) in [4.78, 5) is 4.29. The maximum atomic E-state index is 6.24. The Morgan fingerprint density at radius 3 is 2.81 bits per heavy atom. The van der Waals surface area contributed by atoms with Gasteiger partial charge < -0.3 is 14.8 Å². The van der Waals surface area contributed by atoms with Crippen molar-refractivity contribution in [2.75, 3.05) is 7.11 Å². The smallest absolute Gasteiger partial charge is 0.238 e. The summed E-state index contributed by atoms with van der Waals surface area (Å²) in [6, 6.07) is 9.89. The van der Waals surface area contributed by atoms with E-state index in [4.69, 9.17) is 21.1 Å². The molecule has 0 radical (unpaired) electrons. The fraction of sp³-hybridized carbons (Fsp3) is 0.312. The molecular formula is C16H17ClN2O2. The second-order valence-corrected chi connectivity index (χ2v) is 5.47. The van der Waals surface area contributed by atoms with Gasteiger partial charge in [0.25, 0.3) is 0 Å². The molecule has 1 aromatic carbocycles. The average molecular weight is 305 g/mol. The maximum absolute atomic E-state index is 6.24. The van der Waals surface area contributed by atoms with Crippen molar-refractivity contribution >= 4 is 11.6 Å². The van der Waals surface area contributed by atoms with Gasteiger partial charge in [-0.15, -0.1) is 0 Å². The van der Waals surface area contributed by atoms with Crippen molar-refractivity contribution in [2.24, 2.45) is 0 Å². The number of nitrogens with one attached hydrogen (secondary N) is 1. The zero-order valence-electron chi connectivity index (χ0n) is 11.8. The number of pyridine rings is 1. The highest BCUT2D eigenvalue weighted by molar-refractivity contribution is 6.31. The van der Waals surface area contributed by atoms with Gasteiger partial charge in [0.05, 0.1) is 7.11 Å². The van der Waals surface area contributed by atoms with Gasteiger partial charge in [0.1, 0.15) is 16.5 Å². The standard InChI is InChI=1S/C16H17ClN2O2/c1-20-13-3-2-4-14(8-13)21-16-15(17)7-11(10-19-16)9-18-12-5-6-12/h2-4,7-8,10,12,18H,5-6,9H2,1H3. The molecule has 0 amide bonds. The van der Waals surface area contributed by atoms with Crippen LogP contribution in [0.4, 0.5) is 0 Å². The molecule has 0 saturated heterocycles. The molecule has 1 aromatic heterocycles. The van der Waals surface area contributed by atoms with Crippen molar-refractivity contribution in [3.05, 3.63) is 47.1 Å². The van der Waals surface area contributed by atoms with Crippen LogP contribution < -0.4 is 14.8 Å². The number of hydrogen-bond acceptors (Lipinski definition) is 4. The summed E-state index contributed by atoms with van der Waals surface area (Å²) in [7, 11) is 1.62. The lowest BCUT2D eigenvalue weighted by atomic mass is 10.3. The van der Waals surface area contributed by atoms with Gasteiger partial charge in [-0.1, -0.05) is 17.7 Å². The van der Waals surface area contributed by atoms with Crippen molar-refractivity contribution < 1.29 is 9.47 Å². The Balaban J connectivity index is 1.69. The summed E-state index contributed by atoms with van der Waals surface area (Å²) >= 11 is 6.24. The van der Waals surface area contributed by atoms with Crippen LogP contribution in [0.1, 0.15) is 18.4 Å². The summed E-state index contributed by atoms with van der Waals surface area (Å²) in [5.41, 5.74) is 1.06. The highest BCUT2D eigenvalue weighted by Gasteiger charge is 2.20. The minimum absolute atomic E-state index is 0.403. The molecule has 1 fully saturated rings. The van der Waals surface area contributed by atoms with Crippen LogP contribution in [0.15, 0.2) is 36.5 Å². The Bertz CT molecular complexity index is 629. The van der Waals surface area contributed by atoms with Gasteiger partial charge in [-0.3, -0.25) is 0 Å². The molecule has 0 spiro atoms. The number of aromatic nitrogens is 1. The molecule has 1 aliphatic rings. The van der Waals surface area contributed by atoms with Crippen LogP contribution >= 0.6 is 11.6 Å². The monoisotopic (exact) mass is 304 g/mol. The highest BCUT2D eigenvalue weighted by atomic mass is 35.5. The van der Waals surface area contributed by atoms with Crippen LogP contribution in [-0.2, 0) is 6.54 Å². The molecule has 5 heteroatoms. The lowest BCUT2D eigenvalue weighted by molar-refractivity contribution is 0.407. The molecule has 2 aromatic rings. The Morgan fingerprint density at radius 1 is 1.29 bits per heavy atom. The number of halogens is 1. The molecule has 1 aliphatic carbocycles. The summed E-state index contributed by atoms with van der Waals surface area (Å²) < 4.78 is 10.9. The Hall–Kier alpha value is -1.78. The molecule has 110 valence electrons. The maximum Gasteiger partial charge on any atom is 0.238 e. The van der Waals surface area contributed by atoms with Crippen LogP contribution in [0, 0.1) is 0 Å². The number of ether oxygens (including phenoxy) is 2. The van der Waals surface area contributed by atoms with Crippen molar-refractivity contribution in [3.8, 4) is 17.4 Å². The number of nitrogens with zero attached hydrogens (tertiary/aromatic N) is 1. The Kier molecular flexibility index (Phi) is 4.27. The number of hydrogen-bond donors (Lipinski definition) is 1. The minimum Gasteiger partial charge on any atom is -0.497 e. The third-order valence-corrected chi connectivity index (χ3v) is 3.56. The quantitative estimate of drug-likeness (QED) is 0.882. The van der Waals surface area contributed by atoms with Gasteiger partial charge in [-0.25, -0.2) is 4.98 Å². The normalized spacial score (nSPS) is 14.0. The second-order valence-electron chi connectivity index (χ2n) is 5.07. The summed E-state index contributed by atoms with van der Waals surface area (Å²) in [6.07, 6.45) is 4.31. The first-order valence-corrected chi connectivity index (χ1v) is 7.32. The van der Waals surface area contributed by atoms with Gasteiger partial charge in [0.2, 0.25) is 5.88 Å². The van der Waals surface area contributed by atoms with E-state index in [0.29, 0.717) is 22.7 Å². The molecule has 0 unspecified atom stereocenters. The first kappa shape index (κ1) is 14.2. The number of benzene rings is 1. The molecule has 3 rings (SSSR count). The Morgan fingerprint density at radius 2 is 2.10 bits per heavy atom. The fourth-order valence-electron chi connectivity index (χ4n) is 1.96. The van der Waals surface area contributed by atoms with E-state index >= 15 is 0 Å². The molecule has 1 saturated carbocycles. The second kappa shape index (κ2) is 6.33. The van der Waals surface area contributed by atoms with Crippen molar-refractivity contribution in [1.29, 1.82) is 0 Å². The molecule has 4 nitrogen and oxygen atoms in total. The van der Waals surface area contributed by atoms with Gasteiger partial charge >= 0.3 is 0 Å². The van der Waals surface area contributed by atoms with Gasteiger partial charge in [-0.2, -0.15) is 0 Å². The first-order valence-electron chi connectivity index (χ1n) is 6.94. The van der Waals surface area contributed by atoms with Crippen LogP contribution in [0.25, 0.3) is 0 Å². The van der Waals surface area contributed by atoms with Gasteiger partial charge in [0, 0.05) is 24.8 Å². The van der Waals surface area contributed by atoms with Gasteiger partial charge in [0.15, 0.2) is 0 Å². The molecule has 21 heavy (non-hydrogen) atoms. The van der Waals surface area contributed by atoms with E-state index in [2.05, 4.69) is 10.3 Å². The van der Waals surface area contributed by atoms with Crippen molar-refractivity contribution in [1.82, 2.24) is 10.3 Å². The molecule has 1 N–H and O–H groups in total. The lowest BCUT2D eigenvalue weighted by Crippen LogP contribution is -2.15. The van der Waals surface area contributed by atoms with Crippen molar-refractivity contribution in [3.63, 3.8) is 0 Å². The van der Waals surface area contributed by atoms with Crippen LogP contribution in [0.2, 0.25) is 5.02 Å². The zero-order valence-corrected chi connectivity index (χ0v) is 12.6. The van der Waals surface area contributed by atoms with E-state index in [1.54, 1.807) is 19.4 Å². The SMILES string of the molecule is COc1cccc(Oc2ncc(CNC3CC3)cc2Cl)c1. The molecule has 0 aliphatic heterocycles. The zero-order chi connectivity index (χ0) is 14.7. The Labute approximate surface area is 129 Å². The van der Waals surface area contributed by atoms with E-state index in [9.17, 15) is 0 Å². The van der Waals surface area contributed by atoms with E-state index in [1.807, 2.05) is 24.3 Å². The lowest BCUT2D eigenvalue weighted by Gasteiger charge is -2.09. The third kappa shape index (κ3) is 3.86. The minimum atomic E-state index is 0.403. The largest absolute Gasteiger partial charge is 0.497 e. The van der Waals surface area contributed by atoms with E-state index < -0.39 is 0 Å². The van der Waals surface area contributed by atoms with E-state index in [-0.39, 0.29) is 0 Å². The number of rotatable bonds is 6. The van der Waals surface area contributed by atoms with Crippen molar-refractivity contribution in [2.45, 2.75) is 25.4 Å². The van der Waals surface area contributed by atoms with Crippen LogP contribution in [-0.4, -0.2) is 18.1 Å². The predicted molar refractivity (Wildman–Crippen MR) is 82.2 cm³/mol. The molecular weight excluding hydrogens is 288 g/mol. The summed E-state index contributed by atoms with van der Waals surface area (Å²) in [5, 5.41) is 3.94. The summed E-state index contributed by atoms with van der Waals surface area (Å²) in [6.45, 7) is 0.789. The molecule has 0 bridgehead atoms. The van der Waals surface area contributed by atoms with Crippen LogP contribution in [0.5, 0.6) is 17.4 Å². The fourth-order valence-corrected chi connectivity index (χ4v) is 2.19. The number of methoxy groups -OCH3 is 1. The molecule has 1 heterocycles. The molecule has 0 atom stereocenters. The summed E-state index contributed by atoms with van der Waals surface area (Å²) in [5.74, 6) is 1.78. The van der Waals surface area contributed by atoms with Gasteiger partial charge in [-0.05, 0) is 36.6 Å². The van der Waals surface area contributed by atoms with E-state index in [0.717, 1.165) is 17.9 Å². The first-order chi connectivity index (χ1) is 10.2. The highest BCUT2D eigenvalue weighted by Crippen LogP contribution is 2.29. The van der Waals surface area contributed by atoms with E-state index in [1.165, 1.54) is 12.8 Å². The average Bonchev–Trinajstić information content (AvgIpc) is 3.32. The van der Waals surface area contributed by atoms with Crippen LogP contribution in [0.3, 0.4) is 0 Å².